The van der Waals surface area contributed by atoms with Crippen molar-refractivity contribution in [1.82, 2.24) is 9.88 Å². The van der Waals surface area contributed by atoms with Crippen LogP contribution in [0.2, 0.25) is 0 Å². The normalized spacial score (nSPS) is 20.5. The highest BCUT2D eigenvalue weighted by atomic mass is 32.2. The molecule has 0 bridgehead atoms. The molecule has 2 rings (SSSR count). The van der Waals surface area contributed by atoms with E-state index in [9.17, 15) is 13.2 Å². The van der Waals surface area contributed by atoms with Crippen LogP contribution < -0.4 is 4.74 Å². The first-order valence-corrected chi connectivity index (χ1v) is 8.71. The van der Waals surface area contributed by atoms with Gasteiger partial charge in [0.1, 0.15) is 0 Å². The molecule has 7 heteroatoms. The lowest BCUT2D eigenvalue weighted by Gasteiger charge is -2.23. The summed E-state index contributed by atoms with van der Waals surface area (Å²) in [6.07, 6.45) is 1.97. The summed E-state index contributed by atoms with van der Waals surface area (Å²) in [5.74, 6) is 0.430. The SMILES string of the molecule is CC(C)Oc1ccc(C(=O)N(C)[C@H]2CCS(=O)(=O)C2)cn1. The molecule has 1 aromatic heterocycles. The quantitative estimate of drug-likeness (QED) is 0.833. The summed E-state index contributed by atoms with van der Waals surface area (Å²) in [6, 6.07) is 3.04. The first-order valence-electron chi connectivity index (χ1n) is 6.89. The molecular formula is C14H20N2O4S. The molecule has 0 unspecified atom stereocenters. The van der Waals surface area contributed by atoms with Crippen molar-refractivity contribution in [3.8, 4) is 5.88 Å². The number of hydrogen-bond acceptors (Lipinski definition) is 5. The van der Waals surface area contributed by atoms with E-state index >= 15 is 0 Å². The second kappa shape index (κ2) is 6.01. The molecule has 0 saturated carbocycles. The third-order valence-corrected chi connectivity index (χ3v) is 5.17. The monoisotopic (exact) mass is 312 g/mol. The second-order valence-corrected chi connectivity index (χ2v) is 7.75. The molecule has 21 heavy (non-hydrogen) atoms. The molecule has 1 fully saturated rings. The summed E-state index contributed by atoms with van der Waals surface area (Å²) in [4.78, 5) is 17.9. The van der Waals surface area contributed by atoms with Crippen LogP contribution in [0.15, 0.2) is 18.3 Å². The van der Waals surface area contributed by atoms with Gasteiger partial charge in [0.15, 0.2) is 9.84 Å². The first-order chi connectivity index (χ1) is 9.78. The molecule has 1 aromatic rings. The highest BCUT2D eigenvalue weighted by molar-refractivity contribution is 7.91. The average Bonchev–Trinajstić information content (AvgIpc) is 2.77. The number of ether oxygens (including phenoxy) is 1. The van der Waals surface area contributed by atoms with Gasteiger partial charge in [-0.05, 0) is 26.3 Å². The van der Waals surface area contributed by atoms with Gasteiger partial charge in [0.05, 0.1) is 23.2 Å². The molecule has 1 aliphatic rings. The van der Waals surface area contributed by atoms with E-state index in [2.05, 4.69) is 4.98 Å². The van der Waals surface area contributed by atoms with Crippen LogP contribution in [0.25, 0.3) is 0 Å². The molecule has 0 N–H and O–H groups in total. The highest BCUT2D eigenvalue weighted by Gasteiger charge is 2.33. The third-order valence-electron chi connectivity index (χ3n) is 3.42. The minimum absolute atomic E-state index is 0.0189. The van der Waals surface area contributed by atoms with Crippen molar-refractivity contribution in [3.05, 3.63) is 23.9 Å². The molecule has 1 aliphatic heterocycles. The Morgan fingerprint density at radius 3 is 2.62 bits per heavy atom. The second-order valence-electron chi connectivity index (χ2n) is 5.52. The van der Waals surface area contributed by atoms with Crippen molar-refractivity contribution < 1.29 is 17.9 Å². The van der Waals surface area contributed by atoms with Gasteiger partial charge in [-0.3, -0.25) is 4.79 Å². The molecule has 1 saturated heterocycles. The molecule has 6 nitrogen and oxygen atoms in total. The zero-order valence-electron chi connectivity index (χ0n) is 12.4. The van der Waals surface area contributed by atoms with Gasteiger partial charge in [-0.1, -0.05) is 0 Å². The van der Waals surface area contributed by atoms with Gasteiger partial charge < -0.3 is 9.64 Å². The number of hydrogen-bond donors (Lipinski definition) is 0. The topological polar surface area (TPSA) is 76.6 Å². The van der Waals surface area contributed by atoms with Crippen LogP contribution in [0.4, 0.5) is 0 Å². The zero-order chi connectivity index (χ0) is 15.6. The van der Waals surface area contributed by atoms with E-state index in [0.29, 0.717) is 17.9 Å². The zero-order valence-corrected chi connectivity index (χ0v) is 13.3. The summed E-state index contributed by atoms with van der Waals surface area (Å²) in [5.41, 5.74) is 0.429. The number of pyridine rings is 1. The third kappa shape index (κ3) is 3.93. The van der Waals surface area contributed by atoms with Gasteiger partial charge in [-0.15, -0.1) is 0 Å². The van der Waals surface area contributed by atoms with Crippen LogP contribution in [-0.2, 0) is 9.84 Å². The van der Waals surface area contributed by atoms with Gasteiger partial charge in [-0.2, -0.15) is 0 Å². The van der Waals surface area contributed by atoms with Gasteiger partial charge in [0.2, 0.25) is 5.88 Å². The molecule has 0 aromatic carbocycles. The molecular weight excluding hydrogens is 292 g/mol. The minimum Gasteiger partial charge on any atom is -0.475 e. The average molecular weight is 312 g/mol. The molecule has 1 atom stereocenters. The smallest absolute Gasteiger partial charge is 0.255 e. The van der Waals surface area contributed by atoms with E-state index in [4.69, 9.17) is 4.74 Å². The number of aromatic nitrogens is 1. The fourth-order valence-electron chi connectivity index (χ4n) is 2.27. The summed E-state index contributed by atoms with van der Waals surface area (Å²) >= 11 is 0. The lowest BCUT2D eigenvalue weighted by Crippen LogP contribution is -2.37. The van der Waals surface area contributed by atoms with Crippen molar-refractivity contribution >= 4 is 15.7 Å². The summed E-state index contributed by atoms with van der Waals surface area (Å²) in [5, 5.41) is 0. The first kappa shape index (κ1) is 15.8. The maximum Gasteiger partial charge on any atom is 0.255 e. The molecule has 0 spiro atoms. The largest absolute Gasteiger partial charge is 0.475 e. The predicted octanol–water partition coefficient (Wildman–Crippen LogP) is 1.13. The van der Waals surface area contributed by atoms with Crippen molar-refractivity contribution in [2.45, 2.75) is 32.4 Å². The molecule has 0 radical (unpaired) electrons. The van der Waals surface area contributed by atoms with E-state index < -0.39 is 9.84 Å². The van der Waals surface area contributed by atoms with E-state index in [1.54, 1.807) is 19.2 Å². The predicted molar refractivity (Wildman–Crippen MR) is 79.2 cm³/mol. The van der Waals surface area contributed by atoms with Crippen LogP contribution >= 0.6 is 0 Å². The molecule has 0 aliphatic carbocycles. The Hall–Kier alpha value is -1.63. The Bertz CT molecular complexity index is 610. The van der Waals surface area contributed by atoms with E-state index in [-0.39, 0.29) is 29.6 Å². The number of sulfone groups is 1. The van der Waals surface area contributed by atoms with E-state index in [0.717, 1.165) is 0 Å². The Kier molecular flexibility index (Phi) is 4.51. The number of carbonyl (C=O) groups excluding carboxylic acids is 1. The maximum absolute atomic E-state index is 12.3. The van der Waals surface area contributed by atoms with Crippen LogP contribution in [0.5, 0.6) is 5.88 Å². The lowest BCUT2D eigenvalue weighted by molar-refractivity contribution is 0.0747. The number of nitrogens with zero attached hydrogens (tertiary/aromatic N) is 2. The standard InChI is InChI=1S/C14H20N2O4S/c1-10(2)20-13-5-4-11(8-15-13)14(17)16(3)12-6-7-21(18,19)9-12/h4-5,8,10,12H,6-7,9H2,1-3H3/t12-/m0/s1. The van der Waals surface area contributed by atoms with Gasteiger partial charge in [-0.25, -0.2) is 13.4 Å². The van der Waals surface area contributed by atoms with Crippen LogP contribution in [0, 0.1) is 0 Å². The summed E-state index contributed by atoms with van der Waals surface area (Å²) < 4.78 is 28.4. The molecule has 116 valence electrons. The fraction of sp³-hybridized carbons (Fsp3) is 0.571. The van der Waals surface area contributed by atoms with Gasteiger partial charge in [0.25, 0.3) is 5.91 Å². The summed E-state index contributed by atoms with van der Waals surface area (Å²) in [7, 11) is -1.37. The fourth-order valence-corrected chi connectivity index (χ4v) is 4.04. The van der Waals surface area contributed by atoms with Crippen molar-refractivity contribution in [2.24, 2.45) is 0 Å². The van der Waals surface area contributed by atoms with Crippen LogP contribution in [-0.4, -0.2) is 54.9 Å². The number of amides is 1. The van der Waals surface area contributed by atoms with Crippen LogP contribution in [0.1, 0.15) is 30.6 Å². The minimum atomic E-state index is -3.01. The molecule has 1 amide bonds. The lowest BCUT2D eigenvalue weighted by atomic mass is 10.2. The Morgan fingerprint density at radius 2 is 2.14 bits per heavy atom. The van der Waals surface area contributed by atoms with E-state index in [1.807, 2.05) is 13.8 Å². The van der Waals surface area contributed by atoms with E-state index in [1.165, 1.54) is 11.1 Å². The Labute approximate surface area is 125 Å². The number of rotatable bonds is 4. The number of carbonyl (C=O) groups is 1. The Balaban J connectivity index is 2.06. The Morgan fingerprint density at radius 1 is 1.43 bits per heavy atom. The van der Waals surface area contributed by atoms with Crippen molar-refractivity contribution in [1.29, 1.82) is 0 Å². The van der Waals surface area contributed by atoms with Crippen LogP contribution in [0.3, 0.4) is 0 Å². The van der Waals surface area contributed by atoms with Gasteiger partial charge >= 0.3 is 0 Å². The highest BCUT2D eigenvalue weighted by Crippen LogP contribution is 2.19. The van der Waals surface area contributed by atoms with Crippen molar-refractivity contribution in [3.63, 3.8) is 0 Å². The summed E-state index contributed by atoms with van der Waals surface area (Å²) in [6.45, 7) is 3.80. The van der Waals surface area contributed by atoms with Crippen molar-refractivity contribution in [2.75, 3.05) is 18.6 Å². The van der Waals surface area contributed by atoms with Gasteiger partial charge in [0, 0.05) is 25.4 Å². The molecule has 2 heterocycles. The maximum atomic E-state index is 12.3.